The molecule has 33 heavy (non-hydrogen) atoms. The SMILES string of the molecule is O=C(N/N=C/c1cc(Br)c(N2CCCC2)o1)Nc1ccc(C23CC4CC(CC(C4)C2)C3)cc1. The van der Waals surface area contributed by atoms with Gasteiger partial charge in [-0.3, -0.25) is 0 Å². The molecule has 1 saturated heterocycles. The van der Waals surface area contributed by atoms with E-state index >= 15 is 0 Å². The maximum absolute atomic E-state index is 12.3. The van der Waals surface area contributed by atoms with Crippen molar-refractivity contribution in [2.75, 3.05) is 23.3 Å². The van der Waals surface area contributed by atoms with Crippen molar-refractivity contribution in [2.24, 2.45) is 22.9 Å². The van der Waals surface area contributed by atoms with Gasteiger partial charge in [-0.15, -0.1) is 0 Å². The number of urea groups is 1. The Kier molecular flexibility index (Phi) is 5.47. The third-order valence-electron chi connectivity index (χ3n) is 8.23. The average Bonchev–Trinajstić information content (AvgIpc) is 3.43. The Morgan fingerprint density at radius 2 is 1.70 bits per heavy atom. The molecule has 5 aliphatic rings. The monoisotopic (exact) mass is 510 g/mol. The summed E-state index contributed by atoms with van der Waals surface area (Å²) in [4.78, 5) is 14.5. The molecule has 1 aromatic carbocycles. The number of carbonyl (C=O) groups is 1. The Labute approximate surface area is 203 Å². The minimum absolute atomic E-state index is 0.362. The highest BCUT2D eigenvalue weighted by Gasteiger charge is 2.51. The highest BCUT2D eigenvalue weighted by atomic mass is 79.9. The van der Waals surface area contributed by atoms with Crippen LogP contribution in [0.4, 0.5) is 16.4 Å². The number of furan rings is 1. The van der Waals surface area contributed by atoms with Crippen LogP contribution in [0.2, 0.25) is 0 Å². The first kappa shape index (κ1) is 21.3. The number of benzene rings is 1. The fourth-order valence-electron chi connectivity index (χ4n) is 7.26. The van der Waals surface area contributed by atoms with Crippen LogP contribution < -0.4 is 15.6 Å². The van der Waals surface area contributed by atoms with E-state index < -0.39 is 0 Å². The second-order valence-electron chi connectivity index (χ2n) is 10.6. The normalized spacial score (nSPS) is 30.3. The van der Waals surface area contributed by atoms with Gasteiger partial charge in [0.1, 0.15) is 0 Å². The first-order chi connectivity index (χ1) is 16.1. The largest absolute Gasteiger partial charge is 0.438 e. The van der Waals surface area contributed by atoms with E-state index in [1.807, 2.05) is 18.2 Å². The number of nitrogens with one attached hydrogen (secondary N) is 2. The number of nitrogens with zero attached hydrogens (tertiary/aromatic N) is 2. The number of halogens is 1. The zero-order chi connectivity index (χ0) is 22.4. The maximum atomic E-state index is 12.3. The molecular weight excluding hydrogens is 480 g/mol. The molecule has 0 radical (unpaired) electrons. The smallest absolute Gasteiger partial charge is 0.339 e. The quantitative estimate of drug-likeness (QED) is 0.368. The second kappa shape index (κ2) is 8.49. The van der Waals surface area contributed by atoms with Crippen LogP contribution in [0, 0.1) is 17.8 Å². The van der Waals surface area contributed by atoms with Crippen molar-refractivity contribution in [3.63, 3.8) is 0 Å². The van der Waals surface area contributed by atoms with Gasteiger partial charge >= 0.3 is 6.03 Å². The standard InChI is InChI=1S/C26H31BrN4O2/c27-23-12-22(33-24(23)31-7-1-2-8-31)16-28-30-25(32)29-21-5-3-20(4-6-21)26-13-17-9-18(14-26)11-19(10-17)15-26/h3-6,12,16-19H,1-2,7-11,13-15H2,(H2,29,30,32)/b28-16+. The summed E-state index contributed by atoms with van der Waals surface area (Å²) in [6.07, 6.45) is 12.3. The van der Waals surface area contributed by atoms with Gasteiger partial charge in [0.2, 0.25) is 5.88 Å². The van der Waals surface area contributed by atoms with Crippen LogP contribution in [-0.2, 0) is 5.41 Å². The summed E-state index contributed by atoms with van der Waals surface area (Å²) in [6.45, 7) is 2.01. The molecule has 174 valence electrons. The third-order valence-corrected chi connectivity index (χ3v) is 8.80. The van der Waals surface area contributed by atoms with Crippen LogP contribution >= 0.6 is 15.9 Å². The van der Waals surface area contributed by atoms with Gasteiger partial charge in [0, 0.05) is 24.8 Å². The summed E-state index contributed by atoms with van der Waals surface area (Å²) in [5.41, 5.74) is 5.16. The number of anilines is 2. The average molecular weight is 511 g/mol. The molecule has 0 spiro atoms. The second-order valence-corrected chi connectivity index (χ2v) is 11.4. The summed E-state index contributed by atoms with van der Waals surface area (Å²) >= 11 is 3.55. The minimum Gasteiger partial charge on any atom is -0.438 e. The Bertz CT molecular complexity index is 1020. The lowest BCUT2D eigenvalue weighted by atomic mass is 9.48. The van der Waals surface area contributed by atoms with Crippen LogP contribution in [0.1, 0.15) is 62.7 Å². The van der Waals surface area contributed by atoms with Crippen molar-refractivity contribution >= 4 is 39.7 Å². The van der Waals surface area contributed by atoms with Crippen molar-refractivity contribution in [1.82, 2.24) is 5.43 Å². The van der Waals surface area contributed by atoms with Crippen LogP contribution in [-0.4, -0.2) is 25.3 Å². The molecular formula is C26H31BrN4O2. The summed E-state index contributed by atoms with van der Waals surface area (Å²) in [7, 11) is 0. The van der Waals surface area contributed by atoms with Gasteiger partial charge in [-0.25, -0.2) is 10.2 Å². The van der Waals surface area contributed by atoms with E-state index in [0.717, 1.165) is 46.9 Å². The molecule has 0 unspecified atom stereocenters. The van der Waals surface area contributed by atoms with Gasteiger partial charge in [0.15, 0.2) is 5.76 Å². The van der Waals surface area contributed by atoms with E-state index in [2.05, 4.69) is 48.8 Å². The van der Waals surface area contributed by atoms with Crippen molar-refractivity contribution in [1.29, 1.82) is 0 Å². The molecule has 0 atom stereocenters. The summed E-state index contributed by atoms with van der Waals surface area (Å²) in [5, 5.41) is 6.92. The minimum atomic E-state index is -0.362. The van der Waals surface area contributed by atoms with Crippen LogP contribution in [0.5, 0.6) is 0 Å². The van der Waals surface area contributed by atoms with Crippen LogP contribution in [0.25, 0.3) is 0 Å². The highest BCUT2D eigenvalue weighted by molar-refractivity contribution is 9.10. The van der Waals surface area contributed by atoms with Crippen LogP contribution in [0.15, 0.2) is 44.3 Å². The molecule has 4 bridgehead atoms. The van der Waals surface area contributed by atoms with E-state index in [1.165, 1.54) is 63.1 Å². The zero-order valence-electron chi connectivity index (χ0n) is 18.9. The summed E-state index contributed by atoms with van der Waals surface area (Å²) in [6, 6.07) is 10.0. The van der Waals surface area contributed by atoms with Gasteiger partial charge in [-0.05, 0) is 108 Å². The van der Waals surface area contributed by atoms with Gasteiger partial charge < -0.3 is 14.6 Å². The molecule has 7 heteroatoms. The first-order valence-corrected chi connectivity index (χ1v) is 13.1. The zero-order valence-corrected chi connectivity index (χ0v) is 20.4. The molecule has 1 aliphatic heterocycles. The topological polar surface area (TPSA) is 69.9 Å². The Morgan fingerprint density at radius 1 is 1.06 bits per heavy atom. The van der Waals surface area contributed by atoms with Crippen molar-refractivity contribution < 1.29 is 9.21 Å². The number of carbonyl (C=O) groups excluding carboxylic acids is 1. The van der Waals surface area contributed by atoms with Gasteiger partial charge in [0.25, 0.3) is 0 Å². The van der Waals surface area contributed by atoms with Crippen molar-refractivity contribution in [3.05, 3.63) is 46.1 Å². The molecule has 5 fully saturated rings. The maximum Gasteiger partial charge on any atom is 0.339 e. The molecule has 1 aromatic heterocycles. The molecule has 4 saturated carbocycles. The first-order valence-electron chi connectivity index (χ1n) is 12.3. The Hall–Kier alpha value is -2.28. The van der Waals surface area contributed by atoms with E-state index in [4.69, 9.17) is 4.42 Å². The number of hydrogen-bond acceptors (Lipinski definition) is 4. The van der Waals surface area contributed by atoms with Gasteiger partial charge in [-0.2, -0.15) is 5.10 Å². The lowest BCUT2D eigenvalue weighted by molar-refractivity contribution is -0.00518. The molecule has 4 aliphatic carbocycles. The molecule has 7 rings (SSSR count). The molecule has 2 amide bonds. The van der Waals surface area contributed by atoms with E-state index in [0.29, 0.717) is 11.2 Å². The number of hydrazone groups is 1. The lowest BCUT2D eigenvalue weighted by Gasteiger charge is -2.57. The Balaban J connectivity index is 1.05. The van der Waals surface area contributed by atoms with Crippen LogP contribution in [0.3, 0.4) is 0 Å². The van der Waals surface area contributed by atoms with Crippen molar-refractivity contribution in [3.8, 4) is 0 Å². The number of hydrogen-bond donors (Lipinski definition) is 2. The van der Waals surface area contributed by atoms with Gasteiger partial charge in [0.05, 0.1) is 10.7 Å². The number of amides is 2. The molecule has 2 heterocycles. The van der Waals surface area contributed by atoms with Gasteiger partial charge in [-0.1, -0.05) is 12.1 Å². The fourth-order valence-corrected chi connectivity index (χ4v) is 7.82. The van der Waals surface area contributed by atoms with Crippen molar-refractivity contribution in [2.45, 2.75) is 56.8 Å². The number of rotatable bonds is 5. The van der Waals surface area contributed by atoms with E-state index in [-0.39, 0.29) is 6.03 Å². The predicted octanol–water partition coefficient (Wildman–Crippen LogP) is 6.27. The molecule has 2 N–H and O–H groups in total. The summed E-state index contributed by atoms with van der Waals surface area (Å²) < 4.78 is 6.78. The third kappa shape index (κ3) is 4.20. The fraction of sp³-hybridized carbons (Fsp3) is 0.538. The van der Waals surface area contributed by atoms with E-state index in [1.54, 1.807) is 0 Å². The molecule has 2 aromatic rings. The lowest BCUT2D eigenvalue weighted by Crippen LogP contribution is -2.48. The Morgan fingerprint density at radius 3 is 2.33 bits per heavy atom. The highest BCUT2D eigenvalue weighted by Crippen LogP contribution is 2.60. The molecule has 6 nitrogen and oxygen atoms in total. The predicted molar refractivity (Wildman–Crippen MR) is 134 cm³/mol. The van der Waals surface area contributed by atoms with E-state index in [9.17, 15) is 4.79 Å². The summed E-state index contributed by atoms with van der Waals surface area (Å²) in [5.74, 6) is 4.22.